The summed E-state index contributed by atoms with van der Waals surface area (Å²) in [6.07, 6.45) is 0. The van der Waals surface area contributed by atoms with Gasteiger partial charge in [-0.05, 0) is 0 Å². The Morgan fingerprint density at radius 3 is 2.58 bits per heavy atom. The van der Waals surface area contributed by atoms with Gasteiger partial charge in [0.1, 0.15) is 0 Å². The van der Waals surface area contributed by atoms with Crippen LogP contribution in [0.1, 0.15) is 0 Å². The maximum Gasteiger partial charge on any atom is 0.453 e. The first kappa shape index (κ1) is 11.9. The molecule has 0 atom stereocenters. The maximum atomic E-state index is 12.0. The van der Waals surface area contributed by atoms with Crippen molar-refractivity contribution in [3.63, 3.8) is 0 Å². The maximum absolute atomic E-state index is 12.0. The fourth-order valence-electron chi connectivity index (χ4n) is 1.83. The van der Waals surface area contributed by atoms with Crippen LogP contribution in [0, 0.1) is 0 Å². The molecule has 3 heterocycles. The lowest BCUT2D eigenvalue weighted by molar-refractivity contribution is 0.204. The zero-order valence-electron chi connectivity index (χ0n) is 9.85. The molecule has 3 rings (SSSR count). The number of aromatic nitrogens is 4. The molecular formula is C8H8N4O6S. The third kappa shape index (κ3) is 1.51. The molecule has 11 heteroatoms. The van der Waals surface area contributed by atoms with Gasteiger partial charge in [0.15, 0.2) is 17.9 Å². The van der Waals surface area contributed by atoms with Crippen LogP contribution in [-0.4, -0.2) is 27.1 Å². The topological polar surface area (TPSA) is 114 Å². The zero-order valence-corrected chi connectivity index (χ0v) is 10.7. The summed E-state index contributed by atoms with van der Waals surface area (Å²) in [7, 11) is -1.65. The number of imidazole rings is 1. The molecule has 2 aromatic heterocycles. The fourth-order valence-corrected chi connectivity index (χ4v) is 2.45. The van der Waals surface area contributed by atoms with Gasteiger partial charge in [-0.2, -0.15) is 13.4 Å². The van der Waals surface area contributed by atoms with Gasteiger partial charge in [0.05, 0.1) is 0 Å². The van der Waals surface area contributed by atoms with Crippen molar-refractivity contribution in [3.05, 3.63) is 20.8 Å². The van der Waals surface area contributed by atoms with Crippen molar-refractivity contribution in [2.75, 3.05) is 0 Å². The molecule has 0 radical (unpaired) electrons. The van der Waals surface area contributed by atoms with Gasteiger partial charge in [-0.25, -0.2) is 8.98 Å². The summed E-state index contributed by atoms with van der Waals surface area (Å²) in [6.45, 7) is -0.609. The molecule has 0 saturated heterocycles. The van der Waals surface area contributed by atoms with Gasteiger partial charge in [-0.15, -0.1) is 0 Å². The van der Waals surface area contributed by atoms with Gasteiger partial charge in [0.25, 0.3) is 5.56 Å². The van der Waals surface area contributed by atoms with Crippen LogP contribution in [-0.2, 0) is 35.4 Å². The van der Waals surface area contributed by atoms with Gasteiger partial charge < -0.3 is 4.18 Å². The molecule has 0 aromatic carbocycles. The smallest absolute Gasteiger partial charge is 0.324 e. The fraction of sp³-hybridized carbons (Fsp3) is 0.375. The Bertz CT molecular complexity index is 917. The highest BCUT2D eigenvalue weighted by Crippen LogP contribution is 2.20. The van der Waals surface area contributed by atoms with Gasteiger partial charge in [-0.1, -0.05) is 0 Å². The SMILES string of the molecule is Cn1c(=O)c2c3nc(n2C)OS(=O)(=O)OCn3c1=O. The number of aryl methyl sites for hydroxylation is 1. The number of fused-ring (bicyclic) bond motifs is 1. The summed E-state index contributed by atoms with van der Waals surface area (Å²) in [6, 6.07) is -0.342. The van der Waals surface area contributed by atoms with E-state index in [-0.39, 0.29) is 17.2 Å². The predicted octanol–water partition coefficient (Wildman–Crippen LogP) is -1.95. The zero-order chi connectivity index (χ0) is 13.9. The van der Waals surface area contributed by atoms with E-state index >= 15 is 0 Å². The molecule has 2 bridgehead atoms. The number of hydrogen-bond acceptors (Lipinski definition) is 7. The third-order valence-electron chi connectivity index (χ3n) is 2.82. The van der Waals surface area contributed by atoms with Crippen LogP contribution in [0.3, 0.4) is 0 Å². The second-order valence-electron chi connectivity index (χ2n) is 3.94. The largest absolute Gasteiger partial charge is 0.453 e. The van der Waals surface area contributed by atoms with E-state index in [2.05, 4.69) is 13.4 Å². The number of rotatable bonds is 0. The first-order valence-electron chi connectivity index (χ1n) is 5.07. The lowest BCUT2D eigenvalue weighted by Gasteiger charge is -2.09. The lowest BCUT2D eigenvalue weighted by atomic mass is 10.5. The lowest BCUT2D eigenvalue weighted by Crippen LogP contribution is -2.39. The average molecular weight is 288 g/mol. The highest BCUT2D eigenvalue weighted by atomic mass is 32.3. The Hall–Kier alpha value is -2.14. The van der Waals surface area contributed by atoms with Gasteiger partial charge >= 0.3 is 22.1 Å². The molecule has 10 nitrogen and oxygen atoms in total. The summed E-state index contributed by atoms with van der Waals surface area (Å²) in [4.78, 5) is 27.7. The van der Waals surface area contributed by atoms with Gasteiger partial charge in [0, 0.05) is 14.1 Å². The third-order valence-corrected chi connectivity index (χ3v) is 3.57. The second kappa shape index (κ2) is 3.45. The van der Waals surface area contributed by atoms with Crippen LogP contribution < -0.4 is 15.4 Å². The molecule has 0 saturated carbocycles. The average Bonchev–Trinajstić information content (AvgIpc) is 2.63. The van der Waals surface area contributed by atoms with Crippen LogP contribution in [0.25, 0.3) is 11.2 Å². The Morgan fingerprint density at radius 1 is 1.21 bits per heavy atom. The predicted molar refractivity (Wildman–Crippen MR) is 60.8 cm³/mol. The second-order valence-corrected chi connectivity index (χ2v) is 5.16. The van der Waals surface area contributed by atoms with E-state index in [1.54, 1.807) is 0 Å². The standard InChI is InChI=1S/C8H8N4O6S/c1-10-4-5-9-7(10)18-19(15,16)17-3-12(5)8(14)11(2)6(4)13/h3H2,1-2H3. The van der Waals surface area contributed by atoms with E-state index in [4.69, 9.17) is 0 Å². The summed E-state index contributed by atoms with van der Waals surface area (Å²) in [5.41, 5.74) is -1.25. The summed E-state index contributed by atoms with van der Waals surface area (Å²) < 4.78 is 34.9. The highest BCUT2D eigenvalue weighted by Gasteiger charge is 2.27. The van der Waals surface area contributed by atoms with Crippen molar-refractivity contribution in [2.24, 2.45) is 14.1 Å². The number of hydrogen-bond donors (Lipinski definition) is 0. The van der Waals surface area contributed by atoms with Crippen LogP contribution in [0.5, 0.6) is 6.01 Å². The molecule has 0 amide bonds. The Balaban J connectivity index is 2.58. The van der Waals surface area contributed by atoms with Gasteiger partial charge in [-0.3, -0.25) is 18.5 Å². The Morgan fingerprint density at radius 2 is 1.89 bits per heavy atom. The minimum atomic E-state index is -4.33. The summed E-state index contributed by atoms with van der Waals surface area (Å²) in [5.74, 6) is 0. The van der Waals surface area contributed by atoms with E-state index in [1.165, 1.54) is 14.1 Å². The van der Waals surface area contributed by atoms with Crippen molar-refractivity contribution in [1.82, 2.24) is 18.7 Å². The molecular weight excluding hydrogens is 280 g/mol. The summed E-state index contributed by atoms with van der Waals surface area (Å²) >= 11 is 0. The minimum absolute atomic E-state index is 0.0144. The summed E-state index contributed by atoms with van der Waals surface area (Å²) in [5, 5.41) is 0. The van der Waals surface area contributed by atoms with E-state index in [0.29, 0.717) is 0 Å². The van der Waals surface area contributed by atoms with E-state index in [0.717, 1.165) is 13.7 Å². The van der Waals surface area contributed by atoms with Crippen molar-refractivity contribution in [1.29, 1.82) is 0 Å². The van der Waals surface area contributed by atoms with E-state index in [1.807, 2.05) is 0 Å². The molecule has 1 aliphatic rings. The van der Waals surface area contributed by atoms with Crippen LogP contribution >= 0.6 is 0 Å². The molecule has 0 aliphatic carbocycles. The normalized spacial score (nSPS) is 17.2. The monoisotopic (exact) mass is 288 g/mol. The van der Waals surface area contributed by atoms with Crippen LogP contribution in [0.15, 0.2) is 9.59 Å². The quantitative estimate of drug-likeness (QED) is 0.553. The first-order valence-corrected chi connectivity index (χ1v) is 6.40. The van der Waals surface area contributed by atoms with Crippen LogP contribution in [0.4, 0.5) is 0 Å². The molecule has 0 unspecified atom stereocenters. The van der Waals surface area contributed by atoms with Crippen molar-refractivity contribution in [3.8, 4) is 6.01 Å². The molecule has 19 heavy (non-hydrogen) atoms. The van der Waals surface area contributed by atoms with Crippen molar-refractivity contribution in [2.45, 2.75) is 6.73 Å². The highest BCUT2D eigenvalue weighted by molar-refractivity contribution is 7.82. The number of nitrogens with zero attached hydrogens (tertiary/aromatic N) is 4. The van der Waals surface area contributed by atoms with E-state index < -0.39 is 28.4 Å². The molecule has 2 aromatic rings. The van der Waals surface area contributed by atoms with Gasteiger partial charge in [0.2, 0.25) is 0 Å². The Kier molecular flexibility index (Phi) is 2.17. The van der Waals surface area contributed by atoms with E-state index in [9.17, 15) is 18.0 Å². The Labute approximate surface area is 105 Å². The molecule has 1 aliphatic heterocycles. The molecule has 0 spiro atoms. The molecule has 0 N–H and O–H groups in total. The minimum Gasteiger partial charge on any atom is -0.324 e. The van der Waals surface area contributed by atoms with Crippen molar-refractivity contribution >= 4 is 21.6 Å². The van der Waals surface area contributed by atoms with Crippen LogP contribution in [0.2, 0.25) is 0 Å². The first-order chi connectivity index (χ1) is 8.82. The molecule has 0 fully saturated rings. The van der Waals surface area contributed by atoms with Crippen molar-refractivity contribution < 1.29 is 16.8 Å². The molecule has 102 valence electrons.